The molecule has 2 amide bonds. The smallest absolute Gasteiger partial charge is 0.233 e. The number of hydrogen-bond acceptors (Lipinski definition) is 7. The fraction of sp³-hybridized carbons (Fsp3) is 0.538. The minimum atomic E-state index is 0.0891. The first-order valence-corrected chi connectivity index (χ1v) is 14.0. The van der Waals surface area contributed by atoms with Crippen LogP contribution in [0.25, 0.3) is 0 Å². The molecule has 8 nitrogen and oxygen atoms in total. The zero-order valence-corrected chi connectivity index (χ0v) is 22.9. The molecule has 0 radical (unpaired) electrons. The number of hydrogen-bond donors (Lipinski definition) is 0. The maximum Gasteiger partial charge on any atom is 0.233 e. The number of anilines is 2. The standard InChI is InChI=1S/C26H35ClN6O2S/c1-4-7-24(34)33-15-14-32(17-20(33)3)23-16-22(27)28-26(29-23)36-18-25(35)31-12-10-30(11-13-31)21-9-6-5-8-19(21)2/h5-6,8-9,16,20H,4,7,10-15,17-18H2,1-3H3. The highest BCUT2D eigenvalue weighted by atomic mass is 35.5. The summed E-state index contributed by atoms with van der Waals surface area (Å²) in [5.74, 6) is 1.32. The van der Waals surface area contributed by atoms with E-state index < -0.39 is 0 Å². The minimum absolute atomic E-state index is 0.0891. The van der Waals surface area contributed by atoms with E-state index in [1.165, 1.54) is 23.0 Å². The van der Waals surface area contributed by atoms with Crippen molar-refractivity contribution in [3.8, 4) is 0 Å². The Morgan fingerprint density at radius 3 is 2.44 bits per heavy atom. The van der Waals surface area contributed by atoms with Crippen molar-refractivity contribution in [3.05, 3.63) is 41.0 Å². The van der Waals surface area contributed by atoms with Gasteiger partial charge in [0.25, 0.3) is 0 Å². The van der Waals surface area contributed by atoms with Gasteiger partial charge in [-0.15, -0.1) is 0 Å². The topological polar surface area (TPSA) is 72.9 Å². The zero-order valence-electron chi connectivity index (χ0n) is 21.3. The first kappa shape index (κ1) is 26.5. The van der Waals surface area contributed by atoms with Crippen molar-refractivity contribution in [1.29, 1.82) is 0 Å². The maximum atomic E-state index is 12.9. The van der Waals surface area contributed by atoms with Crippen LogP contribution in [-0.4, -0.2) is 89.2 Å². The van der Waals surface area contributed by atoms with Crippen LogP contribution in [0, 0.1) is 6.92 Å². The second-order valence-corrected chi connectivity index (χ2v) is 10.7. The third-order valence-corrected chi connectivity index (χ3v) is 7.84. The molecule has 0 N–H and O–H groups in total. The number of halogens is 1. The van der Waals surface area contributed by atoms with Crippen LogP contribution in [0.3, 0.4) is 0 Å². The molecule has 0 bridgehead atoms. The van der Waals surface area contributed by atoms with E-state index in [4.69, 9.17) is 11.6 Å². The number of aryl methyl sites for hydroxylation is 1. The summed E-state index contributed by atoms with van der Waals surface area (Å²) in [6, 6.07) is 10.2. The van der Waals surface area contributed by atoms with Crippen molar-refractivity contribution in [3.63, 3.8) is 0 Å². The van der Waals surface area contributed by atoms with E-state index in [2.05, 4.69) is 51.8 Å². The van der Waals surface area contributed by atoms with Gasteiger partial charge < -0.3 is 19.6 Å². The van der Waals surface area contributed by atoms with Crippen LogP contribution >= 0.6 is 23.4 Å². The Morgan fingerprint density at radius 1 is 1.03 bits per heavy atom. The molecule has 2 saturated heterocycles. The van der Waals surface area contributed by atoms with Crippen LogP contribution < -0.4 is 9.80 Å². The number of rotatable bonds is 7. The van der Waals surface area contributed by atoms with E-state index in [0.29, 0.717) is 49.5 Å². The predicted molar refractivity (Wildman–Crippen MR) is 146 cm³/mol. The van der Waals surface area contributed by atoms with E-state index in [-0.39, 0.29) is 23.6 Å². The first-order valence-electron chi connectivity index (χ1n) is 12.7. The number of para-hydroxylation sites is 1. The Bertz CT molecular complexity index is 1080. The maximum absolute atomic E-state index is 12.9. The summed E-state index contributed by atoms with van der Waals surface area (Å²) in [7, 11) is 0. The largest absolute Gasteiger partial charge is 0.368 e. The van der Waals surface area contributed by atoms with E-state index >= 15 is 0 Å². The molecule has 0 aliphatic carbocycles. The quantitative estimate of drug-likeness (QED) is 0.307. The summed E-state index contributed by atoms with van der Waals surface area (Å²) in [5, 5.41) is 0.862. The lowest BCUT2D eigenvalue weighted by Gasteiger charge is -2.40. The number of nitrogens with zero attached hydrogens (tertiary/aromatic N) is 6. The molecule has 4 rings (SSSR count). The summed E-state index contributed by atoms with van der Waals surface area (Å²) in [5.41, 5.74) is 2.49. The number of benzene rings is 1. The molecule has 2 fully saturated rings. The van der Waals surface area contributed by atoms with Crippen molar-refractivity contribution in [2.45, 2.75) is 44.8 Å². The van der Waals surface area contributed by atoms with Gasteiger partial charge in [0, 0.05) is 70.0 Å². The van der Waals surface area contributed by atoms with Crippen molar-refractivity contribution in [2.75, 3.05) is 61.4 Å². The lowest BCUT2D eigenvalue weighted by Crippen LogP contribution is -2.54. The molecular formula is C26H35ClN6O2S. The molecule has 2 aromatic rings. The SMILES string of the molecule is CCCC(=O)N1CCN(c2cc(Cl)nc(SCC(=O)N3CCN(c4ccccc4C)CC3)n2)CC1C. The van der Waals surface area contributed by atoms with Crippen LogP contribution in [0.2, 0.25) is 5.15 Å². The number of carbonyl (C=O) groups is 2. The molecule has 1 aromatic carbocycles. The van der Waals surface area contributed by atoms with Crippen LogP contribution in [0.1, 0.15) is 32.3 Å². The third kappa shape index (κ3) is 6.42. The van der Waals surface area contributed by atoms with E-state index in [1.807, 2.05) is 22.8 Å². The lowest BCUT2D eigenvalue weighted by molar-refractivity contribution is -0.133. The van der Waals surface area contributed by atoms with Gasteiger partial charge in [-0.2, -0.15) is 0 Å². The number of thioether (sulfide) groups is 1. The summed E-state index contributed by atoms with van der Waals surface area (Å²) in [6.45, 7) is 11.3. The van der Waals surface area contributed by atoms with Crippen LogP contribution in [0.4, 0.5) is 11.5 Å². The summed E-state index contributed by atoms with van der Waals surface area (Å²) >= 11 is 7.64. The Labute approximate surface area is 223 Å². The molecule has 0 spiro atoms. The van der Waals surface area contributed by atoms with Crippen molar-refractivity contribution in [1.82, 2.24) is 19.8 Å². The third-order valence-electron chi connectivity index (χ3n) is 6.81. The highest BCUT2D eigenvalue weighted by molar-refractivity contribution is 7.99. The number of carbonyl (C=O) groups excluding carboxylic acids is 2. The van der Waals surface area contributed by atoms with Gasteiger partial charge in [0.1, 0.15) is 11.0 Å². The van der Waals surface area contributed by atoms with Crippen molar-refractivity contribution >= 4 is 46.7 Å². The molecule has 1 atom stereocenters. The normalized spacial score (nSPS) is 18.5. The average Bonchev–Trinajstić information content (AvgIpc) is 2.87. The van der Waals surface area contributed by atoms with Gasteiger partial charge in [-0.1, -0.05) is 48.5 Å². The Balaban J connectivity index is 1.31. The molecule has 1 unspecified atom stereocenters. The van der Waals surface area contributed by atoms with Crippen LogP contribution in [0.15, 0.2) is 35.5 Å². The number of piperazine rings is 2. The van der Waals surface area contributed by atoms with E-state index in [1.54, 1.807) is 6.07 Å². The fourth-order valence-corrected chi connectivity index (χ4v) is 5.82. The van der Waals surface area contributed by atoms with Gasteiger partial charge in [-0.25, -0.2) is 9.97 Å². The highest BCUT2D eigenvalue weighted by Gasteiger charge is 2.28. The van der Waals surface area contributed by atoms with Gasteiger partial charge in [0.05, 0.1) is 5.75 Å². The van der Waals surface area contributed by atoms with Gasteiger partial charge in [0.2, 0.25) is 11.8 Å². The van der Waals surface area contributed by atoms with Gasteiger partial charge >= 0.3 is 0 Å². The Hall–Kier alpha value is -2.52. The molecular weight excluding hydrogens is 496 g/mol. The van der Waals surface area contributed by atoms with Crippen molar-refractivity contribution in [2.24, 2.45) is 0 Å². The Morgan fingerprint density at radius 2 is 1.75 bits per heavy atom. The molecule has 194 valence electrons. The summed E-state index contributed by atoms with van der Waals surface area (Å²) in [6.07, 6.45) is 1.44. The van der Waals surface area contributed by atoms with E-state index in [0.717, 1.165) is 25.3 Å². The van der Waals surface area contributed by atoms with E-state index in [9.17, 15) is 9.59 Å². The van der Waals surface area contributed by atoms with Gasteiger partial charge in [-0.3, -0.25) is 9.59 Å². The fourth-order valence-electron chi connectivity index (χ4n) is 4.84. The van der Waals surface area contributed by atoms with Crippen molar-refractivity contribution < 1.29 is 9.59 Å². The average molecular weight is 531 g/mol. The second-order valence-electron chi connectivity index (χ2n) is 9.41. The lowest BCUT2D eigenvalue weighted by atomic mass is 10.1. The Kier molecular flexibility index (Phi) is 8.95. The zero-order chi connectivity index (χ0) is 25.7. The predicted octanol–water partition coefficient (Wildman–Crippen LogP) is 3.72. The highest BCUT2D eigenvalue weighted by Crippen LogP contribution is 2.25. The molecule has 0 saturated carbocycles. The number of aromatic nitrogens is 2. The molecule has 10 heteroatoms. The number of amides is 2. The second kappa shape index (κ2) is 12.1. The van der Waals surface area contributed by atoms with Gasteiger partial charge in [0.15, 0.2) is 5.16 Å². The molecule has 36 heavy (non-hydrogen) atoms. The summed E-state index contributed by atoms with van der Waals surface area (Å²) < 4.78 is 0. The molecule has 2 aliphatic heterocycles. The summed E-state index contributed by atoms with van der Waals surface area (Å²) in [4.78, 5) is 42.6. The molecule has 3 heterocycles. The van der Waals surface area contributed by atoms with Crippen LogP contribution in [0.5, 0.6) is 0 Å². The monoisotopic (exact) mass is 530 g/mol. The first-order chi connectivity index (χ1) is 17.4. The molecule has 2 aliphatic rings. The van der Waals surface area contributed by atoms with Crippen LogP contribution in [-0.2, 0) is 9.59 Å². The molecule has 1 aromatic heterocycles. The minimum Gasteiger partial charge on any atom is -0.368 e. The van der Waals surface area contributed by atoms with Gasteiger partial charge in [-0.05, 0) is 31.9 Å².